The maximum Gasteiger partial charge on any atom is 0.164 e. The third kappa shape index (κ3) is 2.43. The highest BCUT2D eigenvalue weighted by atomic mass is 32.1. The van der Waals surface area contributed by atoms with Crippen LogP contribution in [0, 0.1) is 0 Å². The van der Waals surface area contributed by atoms with E-state index in [4.69, 9.17) is 0 Å². The predicted molar refractivity (Wildman–Crippen MR) is 71.6 cm³/mol. The molecule has 0 amide bonds. The van der Waals surface area contributed by atoms with E-state index in [-0.39, 0.29) is 17.1 Å². The topological polar surface area (TPSA) is 75.4 Å². The number of carbonyl (C=O) groups is 1. The van der Waals surface area contributed by atoms with Gasteiger partial charge in [0.2, 0.25) is 0 Å². The molecule has 0 aliphatic rings. The fourth-order valence-electron chi connectivity index (χ4n) is 1.47. The number of aliphatic imine (C=N–C) groups is 1. The van der Waals surface area contributed by atoms with Gasteiger partial charge < -0.3 is 5.11 Å². The molecule has 2 aromatic rings. The third-order valence-corrected chi connectivity index (χ3v) is 2.91. The number of fused-ring (bicyclic) bond motifs is 1. The monoisotopic (exact) mass is 261 g/mol. The lowest BCUT2D eigenvalue weighted by atomic mass is 10.2. The number of carbonyl (C=O) groups excluding carboxylic acids is 1. The molecule has 1 aromatic heterocycles. The zero-order valence-corrected chi connectivity index (χ0v) is 10.7. The van der Waals surface area contributed by atoms with E-state index < -0.39 is 0 Å². The van der Waals surface area contributed by atoms with Gasteiger partial charge in [0, 0.05) is 6.21 Å². The highest BCUT2D eigenvalue weighted by Crippen LogP contribution is 2.23. The summed E-state index contributed by atoms with van der Waals surface area (Å²) >= 11 is 1.11. The number of rotatable bonds is 3. The Labute approximate surface area is 108 Å². The molecule has 0 aliphatic heterocycles. The molecule has 0 bridgehead atoms. The minimum Gasteiger partial charge on any atom is -0.512 e. The molecule has 0 unspecified atom stereocenters. The van der Waals surface area contributed by atoms with Crippen molar-refractivity contribution in [1.82, 2.24) is 8.75 Å². The van der Waals surface area contributed by atoms with Crippen LogP contribution >= 0.6 is 11.7 Å². The number of hydrogen-bond acceptors (Lipinski definition) is 6. The molecular weight excluding hydrogens is 250 g/mol. The number of aliphatic hydroxyl groups excluding tert-OH is 1. The first-order valence-corrected chi connectivity index (χ1v) is 5.98. The second-order valence-electron chi connectivity index (χ2n) is 3.72. The lowest BCUT2D eigenvalue weighted by Gasteiger charge is -1.98. The number of aromatic nitrogens is 2. The van der Waals surface area contributed by atoms with E-state index in [9.17, 15) is 9.90 Å². The quantitative estimate of drug-likeness (QED) is 0.523. The van der Waals surface area contributed by atoms with Gasteiger partial charge in [-0.1, -0.05) is 6.07 Å². The average Bonchev–Trinajstić information content (AvgIpc) is 2.77. The van der Waals surface area contributed by atoms with Crippen molar-refractivity contribution in [3.63, 3.8) is 0 Å². The molecular formula is C12H11N3O2S. The smallest absolute Gasteiger partial charge is 0.164 e. The van der Waals surface area contributed by atoms with E-state index in [0.717, 1.165) is 17.2 Å². The van der Waals surface area contributed by atoms with Crippen molar-refractivity contribution >= 4 is 40.4 Å². The summed E-state index contributed by atoms with van der Waals surface area (Å²) in [4.78, 5) is 15.5. The molecule has 0 saturated carbocycles. The van der Waals surface area contributed by atoms with E-state index in [1.807, 2.05) is 12.1 Å². The van der Waals surface area contributed by atoms with Gasteiger partial charge in [0.05, 0.1) is 23.0 Å². The summed E-state index contributed by atoms with van der Waals surface area (Å²) in [5.74, 6) is -0.280. The summed E-state index contributed by atoms with van der Waals surface area (Å²) in [6.45, 7) is 2.83. The number of aliphatic hydroxyl groups is 1. The Balaban J connectivity index is 2.42. The SMILES string of the molecule is CC(=O)/C(C=Nc1cccc2nsnc12)=C(\C)O. The van der Waals surface area contributed by atoms with Gasteiger partial charge in [-0.2, -0.15) is 8.75 Å². The van der Waals surface area contributed by atoms with Crippen LogP contribution in [0.1, 0.15) is 13.8 Å². The second-order valence-corrected chi connectivity index (χ2v) is 4.25. The third-order valence-electron chi connectivity index (χ3n) is 2.37. The molecule has 1 N–H and O–H groups in total. The molecule has 0 atom stereocenters. The van der Waals surface area contributed by atoms with Gasteiger partial charge in [-0.05, 0) is 26.0 Å². The molecule has 5 nitrogen and oxygen atoms in total. The van der Waals surface area contributed by atoms with Crippen LogP contribution in [0.2, 0.25) is 0 Å². The first kappa shape index (κ1) is 12.4. The number of benzene rings is 1. The lowest BCUT2D eigenvalue weighted by Crippen LogP contribution is -2.01. The van der Waals surface area contributed by atoms with Crippen LogP contribution in [-0.2, 0) is 4.79 Å². The number of ketones is 1. The number of Topliss-reactive ketones (excluding diaryl/α,β-unsaturated/α-hetero) is 1. The largest absolute Gasteiger partial charge is 0.512 e. The van der Waals surface area contributed by atoms with Crippen molar-refractivity contribution in [2.75, 3.05) is 0 Å². The molecule has 1 aromatic carbocycles. The Kier molecular flexibility index (Phi) is 3.47. The Morgan fingerprint density at radius 2 is 2.17 bits per heavy atom. The van der Waals surface area contributed by atoms with Crippen molar-refractivity contribution in [2.45, 2.75) is 13.8 Å². The molecule has 0 fully saturated rings. The van der Waals surface area contributed by atoms with Gasteiger partial charge in [-0.15, -0.1) is 0 Å². The van der Waals surface area contributed by atoms with Gasteiger partial charge in [0.1, 0.15) is 16.8 Å². The zero-order chi connectivity index (χ0) is 13.1. The van der Waals surface area contributed by atoms with Crippen LogP contribution in [-0.4, -0.2) is 25.9 Å². The normalized spacial score (nSPS) is 13.0. The predicted octanol–water partition coefficient (Wildman–Crippen LogP) is 2.81. The van der Waals surface area contributed by atoms with Crippen molar-refractivity contribution in [1.29, 1.82) is 0 Å². The molecule has 92 valence electrons. The average molecular weight is 261 g/mol. The number of allylic oxidation sites excluding steroid dienone is 2. The summed E-state index contributed by atoms with van der Waals surface area (Å²) in [7, 11) is 0. The summed E-state index contributed by atoms with van der Waals surface area (Å²) in [6, 6.07) is 5.45. The first-order valence-electron chi connectivity index (χ1n) is 5.25. The van der Waals surface area contributed by atoms with Gasteiger partial charge in [0.15, 0.2) is 5.78 Å². The maximum atomic E-state index is 11.3. The molecule has 18 heavy (non-hydrogen) atoms. The van der Waals surface area contributed by atoms with Gasteiger partial charge >= 0.3 is 0 Å². The Morgan fingerprint density at radius 1 is 1.39 bits per heavy atom. The van der Waals surface area contributed by atoms with Gasteiger partial charge in [-0.25, -0.2) is 0 Å². The standard InChI is InChI=1S/C12H11N3O2S/c1-7(16)9(8(2)17)6-13-10-4-3-5-11-12(10)15-18-14-11/h3-6,16H,1-2H3/b9-7+,13-6?. The second kappa shape index (κ2) is 5.05. The van der Waals surface area contributed by atoms with E-state index in [0.29, 0.717) is 11.2 Å². The molecule has 0 spiro atoms. The summed E-state index contributed by atoms with van der Waals surface area (Å²) in [5, 5.41) is 9.38. The molecule has 2 rings (SSSR count). The fraction of sp³-hybridized carbons (Fsp3) is 0.167. The van der Waals surface area contributed by atoms with Crippen LogP contribution in [0.15, 0.2) is 34.5 Å². The van der Waals surface area contributed by atoms with E-state index >= 15 is 0 Å². The van der Waals surface area contributed by atoms with Crippen molar-refractivity contribution in [3.8, 4) is 0 Å². The lowest BCUT2D eigenvalue weighted by molar-refractivity contribution is -0.113. The molecule has 1 heterocycles. The van der Waals surface area contributed by atoms with E-state index in [1.54, 1.807) is 6.07 Å². The summed E-state index contributed by atoms with van der Waals surface area (Å²) < 4.78 is 8.24. The Hall–Kier alpha value is -2.08. The molecule has 0 radical (unpaired) electrons. The van der Waals surface area contributed by atoms with Crippen LogP contribution in [0.3, 0.4) is 0 Å². The van der Waals surface area contributed by atoms with Crippen LogP contribution in [0.25, 0.3) is 11.0 Å². The van der Waals surface area contributed by atoms with E-state index in [1.165, 1.54) is 20.1 Å². The van der Waals surface area contributed by atoms with Crippen LogP contribution in [0.4, 0.5) is 5.69 Å². The van der Waals surface area contributed by atoms with Gasteiger partial charge in [-0.3, -0.25) is 9.79 Å². The van der Waals surface area contributed by atoms with Crippen molar-refractivity contribution < 1.29 is 9.90 Å². The van der Waals surface area contributed by atoms with Crippen molar-refractivity contribution in [3.05, 3.63) is 29.5 Å². The summed E-state index contributed by atoms with van der Waals surface area (Å²) in [5.41, 5.74) is 2.28. The fourth-order valence-corrected chi connectivity index (χ4v) is 2.01. The molecule has 6 heteroatoms. The minimum absolute atomic E-state index is 0.0465. The first-order chi connectivity index (χ1) is 8.59. The zero-order valence-electron chi connectivity index (χ0n) is 9.91. The van der Waals surface area contributed by atoms with E-state index in [2.05, 4.69) is 13.7 Å². The van der Waals surface area contributed by atoms with Crippen LogP contribution in [0.5, 0.6) is 0 Å². The molecule has 0 aliphatic carbocycles. The highest BCUT2D eigenvalue weighted by molar-refractivity contribution is 7.00. The molecule has 0 saturated heterocycles. The highest BCUT2D eigenvalue weighted by Gasteiger charge is 2.06. The maximum absolute atomic E-state index is 11.3. The van der Waals surface area contributed by atoms with Gasteiger partial charge in [0.25, 0.3) is 0 Å². The Bertz CT molecular complexity index is 654. The van der Waals surface area contributed by atoms with Crippen LogP contribution < -0.4 is 0 Å². The Morgan fingerprint density at radius 3 is 2.83 bits per heavy atom. The summed E-state index contributed by atoms with van der Waals surface area (Å²) in [6.07, 6.45) is 1.35. The number of nitrogens with zero attached hydrogens (tertiary/aromatic N) is 3. The minimum atomic E-state index is -0.234. The number of hydrogen-bond donors (Lipinski definition) is 1. The van der Waals surface area contributed by atoms with Crippen molar-refractivity contribution in [2.24, 2.45) is 4.99 Å².